The molecule has 0 saturated carbocycles. The van der Waals surface area contributed by atoms with Gasteiger partial charge in [0, 0.05) is 0 Å². The van der Waals surface area contributed by atoms with Gasteiger partial charge in [-0.3, -0.25) is 4.79 Å². The normalized spacial score (nSPS) is 12.7. The van der Waals surface area contributed by atoms with Crippen molar-refractivity contribution >= 4 is 5.97 Å². The van der Waals surface area contributed by atoms with Crippen LogP contribution in [0.1, 0.15) is 33.6 Å². The molecule has 84 valence electrons. The Labute approximate surface area is 81.4 Å². The Hall–Kier alpha value is -0.740. The number of rotatable bonds is 4. The van der Waals surface area contributed by atoms with E-state index >= 15 is 0 Å². The number of hydrogen-bond acceptors (Lipinski definition) is 2. The van der Waals surface area contributed by atoms with Gasteiger partial charge in [0.15, 0.2) is 6.61 Å². The van der Waals surface area contributed by atoms with Gasteiger partial charge >= 0.3 is 12.1 Å². The quantitative estimate of drug-likeness (QED) is 0.670. The van der Waals surface area contributed by atoms with Crippen LogP contribution in [-0.2, 0) is 9.53 Å². The molecule has 0 aliphatic rings. The Balaban J connectivity index is 4.20. The Morgan fingerprint density at radius 1 is 1.21 bits per heavy atom. The number of carbonyl (C=O) groups is 1. The zero-order valence-electron chi connectivity index (χ0n) is 8.57. The van der Waals surface area contributed by atoms with Gasteiger partial charge in [-0.15, -0.1) is 0 Å². The summed E-state index contributed by atoms with van der Waals surface area (Å²) < 4.78 is 39.4. The predicted molar refractivity (Wildman–Crippen MR) is 45.7 cm³/mol. The summed E-state index contributed by atoms with van der Waals surface area (Å²) in [5, 5.41) is 0. The third kappa shape index (κ3) is 3.98. The number of ether oxygens (including phenoxy) is 1. The topological polar surface area (TPSA) is 26.3 Å². The number of hydrogen-bond donors (Lipinski definition) is 0. The number of alkyl halides is 3. The van der Waals surface area contributed by atoms with E-state index in [1.54, 1.807) is 20.8 Å². The maximum atomic E-state index is 11.7. The summed E-state index contributed by atoms with van der Waals surface area (Å²) in [5.41, 5.74) is -0.800. The largest absolute Gasteiger partial charge is 0.456 e. The van der Waals surface area contributed by atoms with E-state index in [1.807, 2.05) is 0 Å². The second-order valence-electron chi connectivity index (χ2n) is 3.46. The molecule has 0 N–H and O–H groups in total. The van der Waals surface area contributed by atoms with Crippen LogP contribution in [0.2, 0.25) is 0 Å². The van der Waals surface area contributed by atoms with E-state index in [1.165, 1.54) is 0 Å². The minimum Gasteiger partial charge on any atom is -0.456 e. The van der Waals surface area contributed by atoms with Crippen molar-refractivity contribution in [2.45, 2.75) is 39.8 Å². The van der Waals surface area contributed by atoms with E-state index in [2.05, 4.69) is 4.74 Å². The summed E-state index contributed by atoms with van der Waals surface area (Å²) in [6.07, 6.45) is -3.50. The fourth-order valence-electron chi connectivity index (χ4n) is 0.860. The Bertz CT molecular complexity index is 195. The summed E-state index contributed by atoms with van der Waals surface area (Å²) in [5.74, 6) is -0.778. The molecular weight excluding hydrogens is 197 g/mol. The standard InChI is InChI=1S/C9H15F3O2/c1-4-8(3,5-2)7(13)14-6-9(10,11)12/h4-6H2,1-3H3. The summed E-state index contributed by atoms with van der Waals surface area (Å²) >= 11 is 0. The lowest BCUT2D eigenvalue weighted by Crippen LogP contribution is -2.31. The second-order valence-corrected chi connectivity index (χ2v) is 3.46. The van der Waals surface area contributed by atoms with Gasteiger partial charge in [-0.05, 0) is 19.8 Å². The van der Waals surface area contributed by atoms with Gasteiger partial charge in [-0.2, -0.15) is 13.2 Å². The first kappa shape index (κ1) is 13.3. The molecule has 2 nitrogen and oxygen atoms in total. The summed E-state index contributed by atoms with van der Waals surface area (Å²) in [6, 6.07) is 0. The van der Waals surface area contributed by atoms with Crippen LogP contribution >= 0.6 is 0 Å². The average Bonchev–Trinajstić information content (AvgIpc) is 2.11. The molecular formula is C9H15F3O2. The molecule has 14 heavy (non-hydrogen) atoms. The van der Waals surface area contributed by atoms with E-state index in [0.29, 0.717) is 12.8 Å². The van der Waals surface area contributed by atoms with Crippen LogP contribution in [0.15, 0.2) is 0 Å². The van der Waals surface area contributed by atoms with Crippen LogP contribution in [0, 0.1) is 5.41 Å². The molecule has 0 aromatic rings. The van der Waals surface area contributed by atoms with Crippen molar-refractivity contribution in [2.24, 2.45) is 5.41 Å². The zero-order valence-corrected chi connectivity index (χ0v) is 8.57. The van der Waals surface area contributed by atoms with Crippen molar-refractivity contribution in [2.75, 3.05) is 6.61 Å². The number of halogens is 3. The molecule has 0 fully saturated rings. The molecule has 0 heterocycles. The zero-order chi connectivity index (χ0) is 11.4. The van der Waals surface area contributed by atoms with Gasteiger partial charge in [0.2, 0.25) is 0 Å². The Morgan fingerprint density at radius 2 is 1.64 bits per heavy atom. The Kier molecular flexibility index (Phi) is 4.42. The summed E-state index contributed by atoms with van der Waals surface area (Å²) in [4.78, 5) is 11.3. The fourth-order valence-corrected chi connectivity index (χ4v) is 0.860. The first-order chi connectivity index (χ1) is 6.25. The van der Waals surface area contributed by atoms with Gasteiger partial charge in [-0.25, -0.2) is 0 Å². The van der Waals surface area contributed by atoms with Crippen LogP contribution in [0.5, 0.6) is 0 Å². The third-order valence-corrected chi connectivity index (χ3v) is 2.42. The van der Waals surface area contributed by atoms with Crippen LogP contribution in [0.25, 0.3) is 0 Å². The lowest BCUT2D eigenvalue weighted by atomic mass is 9.85. The smallest absolute Gasteiger partial charge is 0.422 e. The summed E-state index contributed by atoms with van der Waals surface area (Å²) in [6.45, 7) is 3.60. The molecule has 0 unspecified atom stereocenters. The maximum absolute atomic E-state index is 11.7. The first-order valence-electron chi connectivity index (χ1n) is 4.49. The lowest BCUT2D eigenvalue weighted by molar-refractivity contribution is -0.193. The molecule has 0 amide bonds. The third-order valence-electron chi connectivity index (χ3n) is 2.42. The van der Waals surface area contributed by atoms with Crippen LogP contribution in [0.3, 0.4) is 0 Å². The van der Waals surface area contributed by atoms with Gasteiger partial charge in [0.25, 0.3) is 0 Å². The molecule has 5 heteroatoms. The molecule has 0 aromatic carbocycles. The van der Waals surface area contributed by atoms with E-state index in [9.17, 15) is 18.0 Å². The highest BCUT2D eigenvalue weighted by atomic mass is 19.4. The highest BCUT2D eigenvalue weighted by Gasteiger charge is 2.35. The van der Waals surface area contributed by atoms with E-state index in [-0.39, 0.29) is 0 Å². The Morgan fingerprint density at radius 3 is 1.93 bits per heavy atom. The minimum absolute atomic E-state index is 0.472. The van der Waals surface area contributed by atoms with Crippen LogP contribution in [-0.4, -0.2) is 18.8 Å². The lowest BCUT2D eigenvalue weighted by Gasteiger charge is -2.24. The molecule has 0 spiro atoms. The molecule has 0 radical (unpaired) electrons. The average molecular weight is 212 g/mol. The van der Waals surface area contributed by atoms with Gasteiger partial charge < -0.3 is 4.74 Å². The van der Waals surface area contributed by atoms with E-state index in [0.717, 1.165) is 0 Å². The molecule has 0 atom stereocenters. The molecule has 0 bridgehead atoms. The van der Waals surface area contributed by atoms with E-state index < -0.39 is 24.2 Å². The van der Waals surface area contributed by atoms with Crippen molar-refractivity contribution in [1.29, 1.82) is 0 Å². The molecule has 0 saturated heterocycles. The van der Waals surface area contributed by atoms with Crippen molar-refractivity contribution in [3.05, 3.63) is 0 Å². The molecule has 0 rings (SSSR count). The van der Waals surface area contributed by atoms with Crippen molar-refractivity contribution in [3.8, 4) is 0 Å². The number of esters is 1. The van der Waals surface area contributed by atoms with Crippen LogP contribution < -0.4 is 0 Å². The highest BCUT2D eigenvalue weighted by Crippen LogP contribution is 2.28. The summed E-state index contributed by atoms with van der Waals surface area (Å²) in [7, 11) is 0. The highest BCUT2D eigenvalue weighted by molar-refractivity contribution is 5.76. The minimum atomic E-state index is -4.45. The van der Waals surface area contributed by atoms with Gasteiger partial charge in [-0.1, -0.05) is 13.8 Å². The predicted octanol–water partition coefficient (Wildman–Crippen LogP) is 2.92. The monoisotopic (exact) mass is 212 g/mol. The fraction of sp³-hybridized carbons (Fsp3) is 0.889. The van der Waals surface area contributed by atoms with Crippen molar-refractivity contribution in [3.63, 3.8) is 0 Å². The van der Waals surface area contributed by atoms with Gasteiger partial charge in [0.05, 0.1) is 5.41 Å². The van der Waals surface area contributed by atoms with E-state index in [4.69, 9.17) is 0 Å². The molecule has 0 aromatic heterocycles. The van der Waals surface area contributed by atoms with Crippen molar-refractivity contribution < 1.29 is 22.7 Å². The first-order valence-corrected chi connectivity index (χ1v) is 4.49. The SMILES string of the molecule is CCC(C)(CC)C(=O)OCC(F)(F)F. The van der Waals surface area contributed by atoms with Crippen LogP contribution in [0.4, 0.5) is 13.2 Å². The maximum Gasteiger partial charge on any atom is 0.422 e. The van der Waals surface area contributed by atoms with Crippen molar-refractivity contribution in [1.82, 2.24) is 0 Å². The molecule has 0 aliphatic heterocycles. The second kappa shape index (κ2) is 4.66. The molecule has 0 aliphatic carbocycles. The van der Waals surface area contributed by atoms with Gasteiger partial charge in [0.1, 0.15) is 0 Å². The number of carbonyl (C=O) groups excluding carboxylic acids is 1.